The maximum atomic E-state index is 12.6. The Labute approximate surface area is 152 Å². The number of nitrogens with zero attached hydrogens (tertiary/aromatic N) is 4. The lowest BCUT2D eigenvalue weighted by atomic mass is 10.1. The Morgan fingerprint density at radius 3 is 2.77 bits per heavy atom. The molecule has 1 aliphatic heterocycles. The molecular formula is C19H23N5O2. The monoisotopic (exact) mass is 353 g/mol. The van der Waals surface area contributed by atoms with E-state index in [2.05, 4.69) is 15.4 Å². The minimum Gasteiger partial charge on any atom is -0.347 e. The highest BCUT2D eigenvalue weighted by Gasteiger charge is 2.32. The van der Waals surface area contributed by atoms with E-state index in [9.17, 15) is 9.59 Å². The quantitative estimate of drug-likeness (QED) is 0.909. The van der Waals surface area contributed by atoms with E-state index in [0.717, 1.165) is 44.3 Å². The third-order valence-corrected chi connectivity index (χ3v) is 5.33. The summed E-state index contributed by atoms with van der Waals surface area (Å²) in [5, 5.41) is 7.15. The largest absolute Gasteiger partial charge is 0.347 e. The Balaban J connectivity index is 1.37. The third-order valence-electron chi connectivity index (χ3n) is 5.33. The summed E-state index contributed by atoms with van der Waals surface area (Å²) < 4.78 is 1.62. The Hall–Kier alpha value is -2.70. The predicted octanol–water partition coefficient (Wildman–Crippen LogP) is 1.79. The standard InChI is InChI=1S/C19H23N5O2/c25-18(15-6-3-7-17(10-15)24-13-20-12-21-24)22-16-8-9-23(11-16)19(26)14-4-1-2-5-14/h3,6-7,10,12-14,16H,1-2,4-5,8-9,11H2,(H,22,25). The average Bonchev–Trinajstić information content (AvgIpc) is 3.43. The van der Waals surface area contributed by atoms with Crippen LogP contribution in [0.5, 0.6) is 0 Å². The van der Waals surface area contributed by atoms with Crippen LogP contribution in [-0.2, 0) is 4.79 Å². The maximum absolute atomic E-state index is 12.6. The van der Waals surface area contributed by atoms with Crippen LogP contribution in [0, 0.1) is 5.92 Å². The molecule has 1 saturated heterocycles. The van der Waals surface area contributed by atoms with Gasteiger partial charge in [0.2, 0.25) is 5.91 Å². The number of amides is 2. The van der Waals surface area contributed by atoms with Gasteiger partial charge in [0.25, 0.3) is 5.91 Å². The topological polar surface area (TPSA) is 80.1 Å². The maximum Gasteiger partial charge on any atom is 0.251 e. The molecule has 0 spiro atoms. The van der Waals surface area contributed by atoms with Crippen molar-refractivity contribution in [2.75, 3.05) is 13.1 Å². The molecule has 1 aliphatic carbocycles. The molecule has 0 radical (unpaired) electrons. The molecule has 1 aromatic carbocycles. The lowest BCUT2D eigenvalue weighted by molar-refractivity contribution is -0.134. The van der Waals surface area contributed by atoms with E-state index in [-0.39, 0.29) is 23.8 Å². The first kappa shape index (κ1) is 16.8. The van der Waals surface area contributed by atoms with Crippen molar-refractivity contribution in [3.8, 4) is 5.69 Å². The summed E-state index contributed by atoms with van der Waals surface area (Å²) in [6, 6.07) is 7.30. The van der Waals surface area contributed by atoms with Crippen molar-refractivity contribution in [3.05, 3.63) is 42.5 Å². The second-order valence-electron chi connectivity index (χ2n) is 7.12. The Morgan fingerprint density at radius 1 is 1.15 bits per heavy atom. The molecule has 136 valence electrons. The molecule has 26 heavy (non-hydrogen) atoms. The summed E-state index contributed by atoms with van der Waals surface area (Å²) in [4.78, 5) is 31.0. The van der Waals surface area contributed by atoms with Gasteiger partial charge in [-0.05, 0) is 37.5 Å². The highest BCUT2D eigenvalue weighted by Crippen LogP contribution is 2.27. The fourth-order valence-electron chi connectivity index (χ4n) is 3.91. The van der Waals surface area contributed by atoms with Crippen LogP contribution in [0.1, 0.15) is 42.5 Å². The van der Waals surface area contributed by atoms with Crippen molar-refractivity contribution >= 4 is 11.8 Å². The molecule has 2 amide bonds. The van der Waals surface area contributed by atoms with E-state index in [1.165, 1.54) is 6.33 Å². The second kappa shape index (κ2) is 7.27. The SMILES string of the molecule is O=C(NC1CCN(C(=O)C2CCCC2)C1)c1cccc(-n2cncn2)c1. The smallest absolute Gasteiger partial charge is 0.251 e. The van der Waals surface area contributed by atoms with Crippen molar-refractivity contribution < 1.29 is 9.59 Å². The van der Waals surface area contributed by atoms with Crippen molar-refractivity contribution in [1.82, 2.24) is 25.0 Å². The number of likely N-dealkylation sites (tertiary alicyclic amines) is 1. The molecule has 1 saturated carbocycles. The van der Waals surface area contributed by atoms with E-state index in [1.54, 1.807) is 23.1 Å². The van der Waals surface area contributed by atoms with Crippen LogP contribution in [0.3, 0.4) is 0 Å². The number of nitrogens with one attached hydrogen (secondary N) is 1. The second-order valence-corrected chi connectivity index (χ2v) is 7.12. The molecule has 1 aromatic heterocycles. The molecular weight excluding hydrogens is 330 g/mol. The highest BCUT2D eigenvalue weighted by molar-refractivity contribution is 5.95. The minimum absolute atomic E-state index is 0.0166. The number of aromatic nitrogens is 3. The number of carbonyl (C=O) groups is 2. The van der Waals surface area contributed by atoms with Crippen molar-refractivity contribution in [1.29, 1.82) is 0 Å². The van der Waals surface area contributed by atoms with Crippen LogP contribution in [0.25, 0.3) is 5.69 Å². The number of carbonyl (C=O) groups excluding carboxylic acids is 2. The first-order chi connectivity index (χ1) is 12.7. The molecule has 0 bridgehead atoms. The zero-order valence-electron chi connectivity index (χ0n) is 14.7. The highest BCUT2D eigenvalue weighted by atomic mass is 16.2. The fourth-order valence-corrected chi connectivity index (χ4v) is 3.91. The van der Waals surface area contributed by atoms with Crippen LogP contribution in [0.15, 0.2) is 36.9 Å². The van der Waals surface area contributed by atoms with E-state index in [0.29, 0.717) is 12.1 Å². The molecule has 1 atom stereocenters. The summed E-state index contributed by atoms with van der Waals surface area (Å²) in [7, 11) is 0. The van der Waals surface area contributed by atoms with Crippen LogP contribution in [0.2, 0.25) is 0 Å². The third kappa shape index (κ3) is 3.47. The molecule has 7 heteroatoms. The Kier molecular flexibility index (Phi) is 4.69. The first-order valence-electron chi connectivity index (χ1n) is 9.25. The first-order valence-corrected chi connectivity index (χ1v) is 9.25. The van der Waals surface area contributed by atoms with E-state index in [4.69, 9.17) is 0 Å². The lowest BCUT2D eigenvalue weighted by Gasteiger charge is -2.20. The summed E-state index contributed by atoms with van der Waals surface area (Å²) in [6.45, 7) is 1.35. The Morgan fingerprint density at radius 2 is 2.00 bits per heavy atom. The van der Waals surface area contributed by atoms with Gasteiger partial charge in [-0.15, -0.1) is 0 Å². The van der Waals surface area contributed by atoms with Crippen LogP contribution in [-0.4, -0.2) is 50.6 Å². The minimum atomic E-state index is -0.118. The summed E-state index contributed by atoms with van der Waals surface area (Å²) in [6.07, 6.45) is 8.22. The van der Waals surface area contributed by atoms with Crippen LogP contribution < -0.4 is 5.32 Å². The van der Waals surface area contributed by atoms with E-state index >= 15 is 0 Å². The van der Waals surface area contributed by atoms with Crippen LogP contribution in [0.4, 0.5) is 0 Å². The number of hydrogen-bond acceptors (Lipinski definition) is 4. The number of rotatable bonds is 4. The Bertz CT molecular complexity index is 783. The molecule has 2 heterocycles. The number of benzene rings is 1. The molecule has 1 unspecified atom stereocenters. The molecule has 4 rings (SSSR count). The van der Waals surface area contributed by atoms with Gasteiger partial charge >= 0.3 is 0 Å². The van der Waals surface area contributed by atoms with Gasteiger partial charge < -0.3 is 10.2 Å². The van der Waals surface area contributed by atoms with Crippen molar-refractivity contribution in [3.63, 3.8) is 0 Å². The normalized spacial score (nSPS) is 20.5. The van der Waals surface area contributed by atoms with E-state index < -0.39 is 0 Å². The van der Waals surface area contributed by atoms with Gasteiger partial charge in [0, 0.05) is 30.6 Å². The van der Waals surface area contributed by atoms with Gasteiger partial charge in [-0.2, -0.15) is 5.10 Å². The number of hydrogen-bond donors (Lipinski definition) is 1. The zero-order valence-corrected chi connectivity index (χ0v) is 14.7. The molecule has 2 fully saturated rings. The van der Waals surface area contributed by atoms with Gasteiger partial charge in [-0.25, -0.2) is 9.67 Å². The van der Waals surface area contributed by atoms with Gasteiger partial charge in [-0.3, -0.25) is 9.59 Å². The molecule has 2 aliphatic rings. The predicted molar refractivity (Wildman–Crippen MR) is 95.8 cm³/mol. The van der Waals surface area contributed by atoms with Crippen molar-refractivity contribution in [2.24, 2.45) is 5.92 Å². The molecule has 7 nitrogen and oxygen atoms in total. The molecule has 1 N–H and O–H groups in total. The summed E-state index contributed by atoms with van der Waals surface area (Å²) in [5.74, 6) is 0.350. The van der Waals surface area contributed by atoms with Gasteiger partial charge in [0.05, 0.1) is 5.69 Å². The van der Waals surface area contributed by atoms with Gasteiger partial charge in [0.15, 0.2) is 0 Å². The zero-order chi connectivity index (χ0) is 17.9. The average molecular weight is 353 g/mol. The van der Waals surface area contributed by atoms with E-state index in [1.807, 2.05) is 17.0 Å². The summed E-state index contributed by atoms with van der Waals surface area (Å²) >= 11 is 0. The molecule has 2 aromatic rings. The van der Waals surface area contributed by atoms with Crippen LogP contribution >= 0.6 is 0 Å². The lowest BCUT2D eigenvalue weighted by Crippen LogP contribution is -2.39. The van der Waals surface area contributed by atoms with Crippen molar-refractivity contribution in [2.45, 2.75) is 38.1 Å². The van der Waals surface area contributed by atoms with Gasteiger partial charge in [0.1, 0.15) is 12.7 Å². The van der Waals surface area contributed by atoms with Gasteiger partial charge in [-0.1, -0.05) is 18.9 Å². The summed E-state index contributed by atoms with van der Waals surface area (Å²) in [5.41, 5.74) is 1.37. The fraction of sp³-hybridized carbons (Fsp3) is 0.474.